The largest absolute Gasteiger partial charge is 0.513 e. The van der Waals surface area contributed by atoms with E-state index in [1.807, 2.05) is 124 Å². The molecule has 17 heteroatoms. The molecule has 1 aliphatic rings. The van der Waals surface area contributed by atoms with Crippen molar-refractivity contribution >= 4 is 23.8 Å². The number of non-ortho nitro benzene ring substituents is 1. The summed E-state index contributed by atoms with van der Waals surface area (Å²) < 4.78 is 27.6. The Kier molecular flexibility index (Phi) is 16.7. The maximum Gasteiger partial charge on any atom is 0.513 e. The van der Waals surface area contributed by atoms with Crippen LogP contribution >= 0.6 is 0 Å². The fraction of sp³-hybridized carbons (Fsp3) is 0.400. The first-order valence-corrected chi connectivity index (χ1v) is 22.2. The van der Waals surface area contributed by atoms with Crippen molar-refractivity contribution in [1.29, 1.82) is 0 Å². The Labute approximate surface area is 391 Å². The molecule has 0 amide bonds. The van der Waals surface area contributed by atoms with E-state index in [1.54, 1.807) is 7.11 Å². The first kappa shape index (κ1) is 49.6. The van der Waals surface area contributed by atoms with E-state index in [0.29, 0.717) is 75.0 Å². The van der Waals surface area contributed by atoms with Gasteiger partial charge in [0.25, 0.3) is 5.69 Å². The lowest BCUT2D eigenvalue weighted by Crippen LogP contribution is -2.43. The number of rotatable bonds is 12. The van der Waals surface area contributed by atoms with E-state index in [2.05, 4.69) is 4.90 Å². The number of benzene rings is 2. The topological polar surface area (TPSA) is 189 Å². The van der Waals surface area contributed by atoms with E-state index in [9.17, 15) is 24.5 Å². The van der Waals surface area contributed by atoms with Gasteiger partial charge < -0.3 is 28.6 Å². The lowest BCUT2D eigenvalue weighted by molar-refractivity contribution is -0.384. The number of nitrogens with zero attached hydrogens (tertiary/aromatic N) is 7. The molecule has 17 nitrogen and oxygen atoms in total. The lowest BCUT2D eigenvalue weighted by Gasteiger charge is -2.30. The molecule has 6 bridgehead atoms. The van der Waals surface area contributed by atoms with Crippen LogP contribution in [0.5, 0.6) is 11.5 Å². The van der Waals surface area contributed by atoms with E-state index in [4.69, 9.17) is 38.6 Å². The molecule has 0 saturated heterocycles. The number of ether oxygens (including phenoxy) is 5. The van der Waals surface area contributed by atoms with Crippen molar-refractivity contribution in [2.75, 3.05) is 59.5 Å². The van der Waals surface area contributed by atoms with E-state index >= 15 is 0 Å². The van der Waals surface area contributed by atoms with Crippen LogP contribution in [-0.4, -0.2) is 123 Å². The minimum Gasteiger partial charge on any atom is -0.497 e. The van der Waals surface area contributed by atoms with Crippen LogP contribution < -0.4 is 9.47 Å². The van der Waals surface area contributed by atoms with Crippen molar-refractivity contribution in [3.05, 3.63) is 119 Å². The molecule has 3 aromatic heterocycles. The first-order chi connectivity index (χ1) is 31.9. The smallest absolute Gasteiger partial charge is 0.497 e. The zero-order chi connectivity index (χ0) is 48.1. The number of hydrogen-bond acceptors (Lipinski definition) is 16. The molecule has 354 valence electrons. The van der Waals surface area contributed by atoms with E-state index in [0.717, 1.165) is 28.3 Å². The van der Waals surface area contributed by atoms with Crippen molar-refractivity contribution in [1.82, 2.24) is 29.7 Å². The van der Waals surface area contributed by atoms with Crippen LogP contribution in [0.1, 0.15) is 59.4 Å². The highest BCUT2D eigenvalue weighted by molar-refractivity contribution is 5.75. The van der Waals surface area contributed by atoms with Crippen LogP contribution in [0.3, 0.4) is 0 Å². The van der Waals surface area contributed by atoms with Gasteiger partial charge in [-0.3, -0.25) is 29.5 Å². The number of carbonyl (C=O) groups excluding carboxylic acids is 3. The highest BCUT2D eigenvalue weighted by Crippen LogP contribution is 2.31. The van der Waals surface area contributed by atoms with Gasteiger partial charge in [-0.05, 0) is 120 Å². The summed E-state index contributed by atoms with van der Waals surface area (Å²) in [5.41, 5.74) is 4.31. The average molecular weight is 918 g/mol. The Balaban J connectivity index is 1.32. The van der Waals surface area contributed by atoms with Crippen molar-refractivity contribution in [2.45, 2.75) is 72.3 Å². The predicted octanol–water partition coefficient (Wildman–Crippen LogP) is 8.00. The molecule has 0 N–H and O–H groups in total. The molecular formula is C50H59N7O10. The van der Waals surface area contributed by atoms with Crippen LogP contribution in [0.25, 0.3) is 33.9 Å². The summed E-state index contributed by atoms with van der Waals surface area (Å²) in [6.07, 6.45) is -0.521. The van der Waals surface area contributed by atoms with Gasteiger partial charge in [-0.15, -0.1) is 0 Å². The quantitative estimate of drug-likeness (QED) is 0.0292. The molecule has 2 aromatic carbocycles. The van der Waals surface area contributed by atoms with Crippen LogP contribution in [0.2, 0.25) is 0 Å². The minimum atomic E-state index is -0.941. The number of fused-ring (bicyclic) bond motifs is 8. The molecule has 0 aliphatic carbocycles. The molecule has 0 spiro atoms. The number of pyridine rings is 3. The van der Waals surface area contributed by atoms with Gasteiger partial charge in [0, 0.05) is 57.9 Å². The van der Waals surface area contributed by atoms with E-state index in [1.165, 1.54) is 24.3 Å². The number of hydrogen-bond donors (Lipinski definition) is 0. The van der Waals surface area contributed by atoms with Crippen molar-refractivity contribution < 1.29 is 43.0 Å². The Morgan fingerprint density at radius 3 is 1.60 bits per heavy atom. The molecule has 0 radical (unpaired) electrons. The zero-order valence-electron chi connectivity index (χ0n) is 39.2. The second-order valence-electron chi connectivity index (χ2n) is 18.1. The summed E-state index contributed by atoms with van der Waals surface area (Å²) >= 11 is 0. The van der Waals surface area contributed by atoms with Crippen LogP contribution in [0.15, 0.2) is 97.1 Å². The van der Waals surface area contributed by atoms with E-state index in [-0.39, 0.29) is 43.1 Å². The number of carbonyl (C=O) groups is 3. The Bertz CT molecular complexity index is 2380. The summed E-state index contributed by atoms with van der Waals surface area (Å²) in [7, 11) is 1.63. The minimum absolute atomic E-state index is 0.00491. The molecule has 67 heavy (non-hydrogen) atoms. The molecule has 6 rings (SSSR count). The summed E-state index contributed by atoms with van der Waals surface area (Å²) in [4.78, 5) is 71.3. The Morgan fingerprint density at radius 1 is 0.627 bits per heavy atom. The summed E-state index contributed by atoms with van der Waals surface area (Å²) in [6.45, 7) is 13.9. The van der Waals surface area contributed by atoms with Gasteiger partial charge in [0.2, 0.25) is 0 Å². The normalized spacial score (nSPS) is 14.3. The SMILES string of the molecule is COc1ccc(-c2cc3nc(c2)-c2cccc(n2)CN(CC(=O)OC(C)(C)C)CCN(CCCOC(=O)Oc2ccc([N+](=O)[O-])cc2)CCN(CC(=O)OC(C)(C)C)Cc2cccc-3n2)cc1. The Morgan fingerprint density at radius 2 is 1.12 bits per heavy atom. The number of nitro benzene ring substituents is 1. The molecule has 5 aromatic rings. The van der Waals surface area contributed by atoms with Crippen LogP contribution in [0, 0.1) is 10.1 Å². The second-order valence-corrected chi connectivity index (χ2v) is 18.1. The molecule has 4 heterocycles. The van der Waals surface area contributed by atoms with Gasteiger partial charge in [-0.1, -0.05) is 24.3 Å². The van der Waals surface area contributed by atoms with Crippen LogP contribution in [-0.2, 0) is 36.9 Å². The molecule has 0 saturated carbocycles. The Hall–Kier alpha value is -6.82. The van der Waals surface area contributed by atoms with E-state index < -0.39 is 22.3 Å². The molecular weight excluding hydrogens is 859 g/mol. The standard InChI is InChI=1S/C50H59N7O10/c1-49(2,3)66-46(58)33-55-26-24-54(23-10-28-64-48(60)65-41-21-17-39(18-22-41)57(61)62)25-27-56(34-47(59)67-50(4,5)6)32-38-12-9-14-43(52-38)45-30-36(35-15-19-40(63-7)20-16-35)29-44(53-45)42-13-8-11-37(31-55)51-42/h8-9,11-22,29-30H,10,23-28,31-34H2,1-7H3. The van der Waals surface area contributed by atoms with Crippen molar-refractivity contribution in [3.8, 4) is 45.4 Å². The fourth-order valence-corrected chi connectivity index (χ4v) is 7.27. The number of aromatic nitrogens is 3. The summed E-state index contributed by atoms with van der Waals surface area (Å²) in [5, 5.41) is 11.0. The lowest BCUT2D eigenvalue weighted by atomic mass is 10.0. The summed E-state index contributed by atoms with van der Waals surface area (Å²) in [5.74, 6) is 0.0848. The van der Waals surface area contributed by atoms with Crippen molar-refractivity contribution in [3.63, 3.8) is 0 Å². The maximum atomic E-state index is 13.4. The van der Waals surface area contributed by atoms with Crippen molar-refractivity contribution in [2.24, 2.45) is 0 Å². The fourth-order valence-electron chi connectivity index (χ4n) is 7.27. The third kappa shape index (κ3) is 15.9. The van der Waals surface area contributed by atoms with Gasteiger partial charge in [-0.2, -0.15) is 0 Å². The molecule has 0 fully saturated rings. The molecule has 1 aliphatic heterocycles. The molecule has 0 unspecified atom stereocenters. The van der Waals surface area contributed by atoms with Gasteiger partial charge >= 0.3 is 18.1 Å². The number of methoxy groups -OCH3 is 1. The van der Waals surface area contributed by atoms with Gasteiger partial charge in [-0.25, -0.2) is 19.7 Å². The predicted molar refractivity (Wildman–Crippen MR) is 251 cm³/mol. The molecule has 0 atom stereocenters. The monoisotopic (exact) mass is 917 g/mol. The maximum absolute atomic E-state index is 13.4. The number of esters is 2. The zero-order valence-corrected chi connectivity index (χ0v) is 39.2. The average Bonchev–Trinajstić information content (AvgIpc) is 3.27. The highest BCUT2D eigenvalue weighted by Gasteiger charge is 2.24. The third-order valence-corrected chi connectivity index (χ3v) is 10.3. The second kappa shape index (κ2) is 22.6. The van der Waals surface area contributed by atoms with Gasteiger partial charge in [0.15, 0.2) is 0 Å². The third-order valence-electron chi connectivity index (χ3n) is 10.3. The van der Waals surface area contributed by atoms with Crippen LogP contribution in [0.4, 0.5) is 10.5 Å². The first-order valence-electron chi connectivity index (χ1n) is 22.2. The van der Waals surface area contributed by atoms with Gasteiger partial charge in [0.1, 0.15) is 22.7 Å². The summed E-state index contributed by atoms with van der Waals surface area (Å²) in [6, 6.07) is 28.4. The highest BCUT2D eigenvalue weighted by atomic mass is 16.7. The number of nitro groups is 1. The van der Waals surface area contributed by atoms with Gasteiger partial charge in [0.05, 0.1) is 65.9 Å².